The van der Waals surface area contributed by atoms with Gasteiger partial charge in [-0.15, -0.1) is 0 Å². The monoisotopic (exact) mass is 364 g/mol. The maximum atomic E-state index is 10.6. The smallest absolute Gasteiger partial charge is 0.303 e. The molecule has 0 aromatic carbocycles. The van der Waals surface area contributed by atoms with Crippen LogP contribution >= 0.6 is 0 Å². The van der Waals surface area contributed by atoms with E-state index in [0.29, 0.717) is 18.3 Å². The highest BCUT2D eigenvalue weighted by Crippen LogP contribution is 2.55. The average Bonchev–Trinajstić information content (AvgIpc) is 3.10. The SMILES string of the molecule is CCCCC[C@H](O)C=C[C@@H]1[C@@H](CC=CCCCC(=O)O)[C@@]2(C)CO[C@@H]1C2. The van der Waals surface area contributed by atoms with Gasteiger partial charge in [0.2, 0.25) is 0 Å². The molecule has 0 amide bonds. The molecule has 0 aromatic heterocycles. The third-order valence-electron chi connectivity index (χ3n) is 6.06. The van der Waals surface area contributed by atoms with E-state index in [2.05, 4.69) is 32.1 Å². The number of fused-ring (bicyclic) bond motifs is 2. The Hall–Kier alpha value is -1.13. The van der Waals surface area contributed by atoms with Crippen molar-refractivity contribution in [3.05, 3.63) is 24.3 Å². The third-order valence-corrected chi connectivity index (χ3v) is 6.06. The van der Waals surface area contributed by atoms with Crippen molar-refractivity contribution in [1.29, 1.82) is 0 Å². The van der Waals surface area contributed by atoms with Gasteiger partial charge in [-0.05, 0) is 43.4 Å². The molecule has 1 saturated carbocycles. The summed E-state index contributed by atoms with van der Waals surface area (Å²) in [4.78, 5) is 10.6. The van der Waals surface area contributed by atoms with Gasteiger partial charge in [-0.1, -0.05) is 57.4 Å². The molecule has 2 fully saturated rings. The van der Waals surface area contributed by atoms with Crippen molar-refractivity contribution in [2.75, 3.05) is 6.61 Å². The first kappa shape index (κ1) is 21.2. The van der Waals surface area contributed by atoms with E-state index in [4.69, 9.17) is 9.84 Å². The number of unbranched alkanes of at least 4 members (excludes halogenated alkanes) is 3. The summed E-state index contributed by atoms with van der Waals surface area (Å²) in [7, 11) is 0. The Kier molecular flexibility index (Phi) is 8.36. The molecule has 4 heteroatoms. The van der Waals surface area contributed by atoms with Gasteiger partial charge in [-0.2, -0.15) is 0 Å². The van der Waals surface area contributed by atoms with Gasteiger partial charge in [0.25, 0.3) is 0 Å². The van der Waals surface area contributed by atoms with E-state index < -0.39 is 5.97 Å². The van der Waals surface area contributed by atoms with Crippen molar-refractivity contribution in [2.24, 2.45) is 17.3 Å². The van der Waals surface area contributed by atoms with E-state index in [1.165, 1.54) is 12.8 Å². The number of carboxylic acids is 1. The molecule has 1 heterocycles. The number of hydrogen-bond donors (Lipinski definition) is 2. The summed E-state index contributed by atoms with van der Waals surface area (Å²) in [6.07, 6.45) is 16.6. The molecule has 2 aliphatic rings. The number of carbonyl (C=O) groups is 1. The summed E-state index contributed by atoms with van der Waals surface area (Å²) in [5, 5.41) is 18.9. The molecule has 148 valence electrons. The first-order valence-corrected chi connectivity index (χ1v) is 10.3. The van der Waals surface area contributed by atoms with Crippen molar-refractivity contribution in [3.63, 3.8) is 0 Å². The summed E-state index contributed by atoms with van der Waals surface area (Å²) in [6.45, 7) is 5.33. The van der Waals surface area contributed by atoms with Crippen LogP contribution in [0.4, 0.5) is 0 Å². The second kappa shape index (κ2) is 10.3. The highest BCUT2D eigenvalue weighted by atomic mass is 16.5. The van der Waals surface area contributed by atoms with Crippen molar-refractivity contribution in [2.45, 2.75) is 83.8 Å². The molecule has 4 nitrogen and oxygen atoms in total. The van der Waals surface area contributed by atoms with E-state index in [9.17, 15) is 9.90 Å². The zero-order chi connectivity index (χ0) is 19.0. The van der Waals surface area contributed by atoms with E-state index in [-0.39, 0.29) is 24.0 Å². The van der Waals surface area contributed by atoms with Crippen LogP contribution in [-0.4, -0.2) is 35.0 Å². The number of ether oxygens (including phenoxy) is 1. The fourth-order valence-electron chi connectivity index (χ4n) is 4.49. The Morgan fingerprint density at radius 1 is 1.31 bits per heavy atom. The molecule has 2 N–H and O–H groups in total. The quantitative estimate of drug-likeness (QED) is 0.388. The summed E-state index contributed by atoms with van der Waals surface area (Å²) in [5.41, 5.74) is 0.220. The van der Waals surface area contributed by atoms with Crippen LogP contribution in [-0.2, 0) is 9.53 Å². The Morgan fingerprint density at radius 2 is 2.12 bits per heavy atom. The van der Waals surface area contributed by atoms with E-state index in [1.54, 1.807) is 0 Å². The Morgan fingerprint density at radius 3 is 2.85 bits per heavy atom. The normalized spacial score (nSPS) is 32.0. The van der Waals surface area contributed by atoms with Gasteiger partial charge in [0, 0.05) is 12.3 Å². The number of rotatable bonds is 12. The van der Waals surface area contributed by atoms with Gasteiger partial charge in [-0.3, -0.25) is 4.79 Å². The zero-order valence-electron chi connectivity index (χ0n) is 16.4. The largest absolute Gasteiger partial charge is 0.481 e. The summed E-state index contributed by atoms with van der Waals surface area (Å²) in [5.74, 6) is 0.188. The Labute approximate surface area is 158 Å². The lowest BCUT2D eigenvalue weighted by molar-refractivity contribution is -0.137. The molecule has 5 atom stereocenters. The minimum absolute atomic E-state index is 0.220. The van der Waals surface area contributed by atoms with Crippen LogP contribution in [0.3, 0.4) is 0 Å². The van der Waals surface area contributed by atoms with Crippen LogP contribution in [0.2, 0.25) is 0 Å². The highest BCUT2D eigenvalue weighted by Gasteiger charge is 2.54. The van der Waals surface area contributed by atoms with Crippen molar-refractivity contribution in [3.8, 4) is 0 Å². The number of hydrogen-bond acceptors (Lipinski definition) is 3. The number of aliphatic carboxylic acids is 1. The van der Waals surface area contributed by atoms with E-state index in [1.807, 2.05) is 6.08 Å². The third kappa shape index (κ3) is 5.95. The maximum Gasteiger partial charge on any atom is 0.303 e. The van der Waals surface area contributed by atoms with Crippen LogP contribution in [0.15, 0.2) is 24.3 Å². The van der Waals surface area contributed by atoms with Crippen molar-refractivity contribution in [1.82, 2.24) is 0 Å². The number of aliphatic hydroxyl groups excluding tert-OH is 1. The lowest BCUT2D eigenvalue weighted by atomic mass is 9.75. The van der Waals surface area contributed by atoms with Crippen LogP contribution in [0.1, 0.15) is 71.6 Å². The lowest BCUT2D eigenvalue weighted by Crippen LogP contribution is -2.33. The standard InChI is InChI=1S/C22H36O4/c1-3-4-7-10-17(23)13-14-18-19(22(2)15-20(18)26-16-22)11-8-5-6-9-12-21(24)25/h5,8,13-14,17-20,23H,3-4,6-7,9-12,15-16H2,1-2H3,(H,24,25)/t17-,18+,19+,20+,22+/m0/s1. The maximum absolute atomic E-state index is 10.6. The molecule has 1 aliphatic heterocycles. The highest BCUT2D eigenvalue weighted by molar-refractivity contribution is 5.66. The minimum Gasteiger partial charge on any atom is -0.481 e. The number of carboxylic acid groups (broad SMARTS) is 1. The average molecular weight is 365 g/mol. The molecule has 1 saturated heterocycles. The number of allylic oxidation sites excluding steroid dienone is 2. The molecule has 2 rings (SSSR count). The van der Waals surface area contributed by atoms with Gasteiger partial charge < -0.3 is 14.9 Å². The molecule has 0 unspecified atom stereocenters. The molecule has 26 heavy (non-hydrogen) atoms. The topological polar surface area (TPSA) is 66.8 Å². The van der Waals surface area contributed by atoms with Gasteiger partial charge >= 0.3 is 5.97 Å². The second-order valence-corrected chi connectivity index (χ2v) is 8.33. The minimum atomic E-state index is -0.723. The van der Waals surface area contributed by atoms with Crippen molar-refractivity contribution >= 4 is 5.97 Å². The summed E-state index contributed by atoms with van der Waals surface area (Å²) < 4.78 is 5.98. The molecular weight excluding hydrogens is 328 g/mol. The summed E-state index contributed by atoms with van der Waals surface area (Å²) in [6, 6.07) is 0. The lowest BCUT2D eigenvalue weighted by Gasteiger charge is -2.35. The zero-order valence-corrected chi connectivity index (χ0v) is 16.4. The molecule has 0 radical (unpaired) electrons. The Bertz CT molecular complexity index is 498. The Balaban J connectivity index is 1.86. The number of aliphatic hydroxyl groups is 1. The van der Waals surface area contributed by atoms with Gasteiger partial charge in [0.15, 0.2) is 0 Å². The van der Waals surface area contributed by atoms with E-state index >= 15 is 0 Å². The fourth-order valence-corrected chi connectivity index (χ4v) is 4.49. The molecule has 1 aliphatic carbocycles. The molecular formula is C22H36O4. The first-order valence-electron chi connectivity index (χ1n) is 10.3. The predicted molar refractivity (Wildman–Crippen MR) is 104 cm³/mol. The van der Waals surface area contributed by atoms with Crippen LogP contribution in [0, 0.1) is 17.3 Å². The van der Waals surface area contributed by atoms with Gasteiger partial charge in [-0.25, -0.2) is 0 Å². The van der Waals surface area contributed by atoms with Gasteiger partial charge in [0.05, 0.1) is 18.8 Å². The summed E-state index contributed by atoms with van der Waals surface area (Å²) >= 11 is 0. The van der Waals surface area contributed by atoms with Crippen LogP contribution in [0.25, 0.3) is 0 Å². The molecule has 0 spiro atoms. The van der Waals surface area contributed by atoms with E-state index in [0.717, 1.165) is 38.7 Å². The molecule has 2 bridgehead atoms. The molecule has 0 aromatic rings. The van der Waals surface area contributed by atoms with Gasteiger partial charge in [0.1, 0.15) is 0 Å². The predicted octanol–water partition coefficient (Wildman–Crippen LogP) is 4.73. The van der Waals surface area contributed by atoms with Crippen LogP contribution < -0.4 is 0 Å². The first-order chi connectivity index (χ1) is 12.5. The van der Waals surface area contributed by atoms with Crippen LogP contribution in [0.5, 0.6) is 0 Å². The fraction of sp³-hybridized carbons (Fsp3) is 0.773. The van der Waals surface area contributed by atoms with Crippen molar-refractivity contribution < 1.29 is 19.7 Å². The second-order valence-electron chi connectivity index (χ2n) is 8.33.